The number of halogens is 2. The van der Waals surface area contributed by atoms with E-state index in [0.717, 1.165) is 16.7 Å². The molecule has 2 atom stereocenters. The fourth-order valence-corrected chi connectivity index (χ4v) is 5.70. The fraction of sp³-hybridized carbons (Fsp3) is 0.240. The first-order valence-electron chi connectivity index (χ1n) is 11.1. The molecule has 1 aliphatic rings. The molecule has 11 heteroatoms. The monoisotopic (exact) mass is 565 g/mol. The van der Waals surface area contributed by atoms with Gasteiger partial charge >= 0.3 is 0 Å². The van der Waals surface area contributed by atoms with Gasteiger partial charge in [0.05, 0.1) is 12.0 Å². The first-order chi connectivity index (χ1) is 17.2. The second-order valence-electron chi connectivity index (χ2n) is 8.09. The van der Waals surface area contributed by atoms with Gasteiger partial charge in [-0.25, -0.2) is 8.42 Å². The summed E-state index contributed by atoms with van der Waals surface area (Å²) in [4.78, 5) is 0.129. The van der Waals surface area contributed by atoms with Crippen molar-refractivity contribution < 1.29 is 17.9 Å². The van der Waals surface area contributed by atoms with E-state index >= 15 is 0 Å². The van der Waals surface area contributed by atoms with Crippen LogP contribution in [0.15, 0.2) is 65.6 Å². The zero-order valence-corrected chi connectivity index (χ0v) is 22.7. The molecule has 0 radical (unpaired) electrons. The van der Waals surface area contributed by atoms with Gasteiger partial charge in [0.25, 0.3) is 10.0 Å². The Morgan fingerprint density at radius 3 is 2.47 bits per heavy atom. The zero-order valence-electron chi connectivity index (χ0n) is 19.5. The molecule has 3 N–H and O–H groups in total. The van der Waals surface area contributed by atoms with Gasteiger partial charge in [-0.3, -0.25) is 10.0 Å². The standard InChI is InChI=1S/C25H25Cl2N3O4S2/c1-28-25(35)30-36(31,32)22-13-15(3-9-19(22)16-4-6-17(26)7-5-16)11-12-29-24-23(34-24)20-14-18(27)8-10-21(20)33-2/h3-10,13-14,23-24,29H,11-12H2,1-2H3,(H2,28,30,35). The number of sulfonamides is 1. The van der Waals surface area contributed by atoms with Crippen LogP contribution in [0.4, 0.5) is 0 Å². The molecule has 1 aliphatic heterocycles. The van der Waals surface area contributed by atoms with Gasteiger partial charge in [0.2, 0.25) is 0 Å². The third-order valence-corrected chi connectivity index (χ3v) is 8.01. The maximum absolute atomic E-state index is 13.2. The molecule has 190 valence electrons. The molecule has 3 aromatic rings. The highest BCUT2D eigenvalue weighted by Gasteiger charge is 2.41. The van der Waals surface area contributed by atoms with Gasteiger partial charge in [0, 0.05) is 34.8 Å². The Hall–Kier alpha value is -2.40. The van der Waals surface area contributed by atoms with Crippen LogP contribution in [0.2, 0.25) is 10.0 Å². The molecule has 0 spiro atoms. The molecule has 2 unspecified atom stereocenters. The number of methoxy groups -OCH3 is 1. The van der Waals surface area contributed by atoms with Gasteiger partial charge in [-0.2, -0.15) is 0 Å². The number of benzene rings is 3. The first-order valence-corrected chi connectivity index (χ1v) is 13.7. The van der Waals surface area contributed by atoms with E-state index in [1.54, 1.807) is 56.6 Å². The second-order valence-corrected chi connectivity index (χ2v) is 11.0. The molecular formula is C25H25Cl2N3O4S2. The molecule has 7 nitrogen and oxygen atoms in total. The Labute approximate surface area is 226 Å². The number of hydrogen-bond acceptors (Lipinski definition) is 6. The Morgan fingerprint density at radius 2 is 1.78 bits per heavy atom. The third kappa shape index (κ3) is 6.29. The molecule has 4 rings (SSSR count). The normalized spacial score (nSPS) is 16.9. The van der Waals surface area contributed by atoms with Crippen molar-refractivity contribution >= 4 is 50.6 Å². The lowest BCUT2D eigenvalue weighted by Crippen LogP contribution is -2.37. The van der Waals surface area contributed by atoms with Gasteiger partial charge in [-0.1, -0.05) is 47.5 Å². The summed E-state index contributed by atoms with van der Waals surface area (Å²) in [5.41, 5.74) is 3.00. The summed E-state index contributed by atoms with van der Waals surface area (Å²) in [7, 11) is -0.766. The van der Waals surface area contributed by atoms with E-state index in [9.17, 15) is 8.42 Å². The first kappa shape index (κ1) is 26.7. The fourth-order valence-electron chi connectivity index (χ4n) is 3.83. The highest BCUT2D eigenvalue weighted by atomic mass is 35.5. The zero-order chi connectivity index (χ0) is 25.9. The molecule has 1 fully saturated rings. The summed E-state index contributed by atoms with van der Waals surface area (Å²) >= 11 is 17.2. The summed E-state index contributed by atoms with van der Waals surface area (Å²) < 4.78 is 39.9. The lowest BCUT2D eigenvalue weighted by Gasteiger charge is -2.15. The van der Waals surface area contributed by atoms with Crippen molar-refractivity contribution in [3.05, 3.63) is 81.8 Å². The SMILES string of the molecule is CNC(=S)NS(=O)(=O)c1cc(CCNC2OC2c2cc(Cl)ccc2OC)ccc1-c1ccc(Cl)cc1. The molecule has 0 amide bonds. The molecule has 0 aromatic heterocycles. The van der Waals surface area contributed by atoms with E-state index in [2.05, 4.69) is 15.4 Å². The number of thiocarbonyl (C=S) groups is 1. The van der Waals surface area contributed by atoms with Crippen molar-refractivity contribution in [2.24, 2.45) is 0 Å². The predicted octanol–water partition coefficient (Wildman–Crippen LogP) is 4.68. The molecule has 0 saturated carbocycles. The average Bonchev–Trinajstić information content (AvgIpc) is 3.63. The molecule has 1 saturated heterocycles. The van der Waals surface area contributed by atoms with E-state index in [-0.39, 0.29) is 22.3 Å². The molecular weight excluding hydrogens is 541 g/mol. The Bertz CT molecular complexity index is 1370. The molecule has 3 aromatic carbocycles. The number of ether oxygens (including phenoxy) is 2. The average molecular weight is 567 g/mol. The molecule has 1 heterocycles. The summed E-state index contributed by atoms with van der Waals surface area (Å²) in [5, 5.41) is 7.17. The van der Waals surface area contributed by atoms with Gasteiger partial charge in [-0.15, -0.1) is 0 Å². The second kappa shape index (κ2) is 11.3. The van der Waals surface area contributed by atoms with E-state index < -0.39 is 10.0 Å². The van der Waals surface area contributed by atoms with E-state index in [4.69, 9.17) is 44.9 Å². The van der Waals surface area contributed by atoms with Crippen LogP contribution < -0.4 is 20.1 Å². The largest absolute Gasteiger partial charge is 0.496 e. The minimum atomic E-state index is -3.93. The third-order valence-electron chi connectivity index (χ3n) is 5.69. The summed E-state index contributed by atoms with van der Waals surface area (Å²) in [5.74, 6) is 0.716. The van der Waals surface area contributed by atoms with E-state index in [1.165, 1.54) is 0 Å². The minimum absolute atomic E-state index is 0.0116. The smallest absolute Gasteiger partial charge is 0.264 e. The highest BCUT2D eigenvalue weighted by Crippen LogP contribution is 2.42. The highest BCUT2D eigenvalue weighted by molar-refractivity contribution is 7.92. The number of rotatable bonds is 9. The van der Waals surface area contributed by atoms with Crippen LogP contribution in [-0.4, -0.2) is 40.5 Å². The lowest BCUT2D eigenvalue weighted by atomic mass is 10.0. The van der Waals surface area contributed by atoms with Gasteiger partial charge < -0.3 is 14.8 Å². The molecule has 36 heavy (non-hydrogen) atoms. The summed E-state index contributed by atoms with van der Waals surface area (Å²) in [6.07, 6.45) is 0.247. The van der Waals surface area contributed by atoms with Crippen LogP contribution in [0, 0.1) is 0 Å². The van der Waals surface area contributed by atoms with Gasteiger partial charge in [0.15, 0.2) is 5.11 Å². The van der Waals surface area contributed by atoms with Crippen molar-refractivity contribution in [3.8, 4) is 16.9 Å². The maximum atomic E-state index is 13.2. The van der Waals surface area contributed by atoms with Crippen molar-refractivity contribution in [2.45, 2.75) is 23.6 Å². The van der Waals surface area contributed by atoms with E-state index in [0.29, 0.717) is 34.3 Å². The predicted molar refractivity (Wildman–Crippen MR) is 146 cm³/mol. The van der Waals surface area contributed by atoms with Crippen LogP contribution in [0.1, 0.15) is 17.2 Å². The lowest BCUT2D eigenvalue weighted by molar-refractivity contribution is 0.342. The number of epoxide rings is 1. The Balaban J connectivity index is 1.50. The van der Waals surface area contributed by atoms with Gasteiger partial charge in [0.1, 0.15) is 18.1 Å². The van der Waals surface area contributed by atoms with Gasteiger partial charge in [-0.05, 0) is 66.2 Å². The van der Waals surface area contributed by atoms with Crippen LogP contribution in [0.3, 0.4) is 0 Å². The van der Waals surface area contributed by atoms with Crippen molar-refractivity contribution in [1.29, 1.82) is 0 Å². The minimum Gasteiger partial charge on any atom is -0.496 e. The molecule has 0 bridgehead atoms. The van der Waals surface area contributed by atoms with Crippen LogP contribution in [0.5, 0.6) is 5.75 Å². The molecule has 0 aliphatic carbocycles. The van der Waals surface area contributed by atoms with E-state index in [1.807, 2.05) is 18.2 Å². The van der Waals surface area contributed by atoms with Crippen molar-refractivity contribution in [1.82, 2.24) is 15.4 Å². The topological polar surface area (TPSA) is 92.0 Å². The Morgan fingerprint density at radius 1 is 1.06 bits per heavy atom. The number of hydrogen-bond donors (Lipinski definition) is 3. The van der Waals surface area contributed by atoms with Crippen LogP contribution in [0.25, 0.3) is 11.1 Å². The van der Waals surface area contributed by atoms with Crippen molar-refractivity contribution in [2.75, 3.05) is 20.7 Å². The summed E-state index contributed by atoms with van der Waals surface area (Å²) in [6, 6.07) is 17.8. The van der Waals surface area contributed by atoms with Crippen LogP contribution >= 0.6 is 35.4 Å². The Kier molecular flexibility index (Phi) is 8.39. The van der Waals surface area contributed by atoms with Crippen molar-refractivity contribution in [3.63, 3.8) is 0 Å². The number of nitrogens with one attached hydrogen (secondary N) is 3. The van der Waals surface area contributed by atoms with Crippen LogP contribution in [-0.2, 0) is 21.2 Å². The summed E-state index contributed by atoms with van der Waals surface area (Å²) in [6.45, 7) is 0.576. The maximum Gasteiger partial charge on any atom is 0.264 e. The quantitative estimate of drug-likeness (QED) is 0.256.